The number of Topliss-reactive ketones (excluding diaryl/α,β-unsaturated/α-hetero) is 1. The van der Waals surface area contributed by atoms with Crippen molar-refractivity contribution in [1.29, 1.82) is 0 Å². The number of ether oxygens (including phenoxy) is 1. The zero-order valence-electron chi connectivity index (χ0n) is 10.1. The van der Waals surface area contributed by atoms with Crippen molar-refractivity contribution in [3.63, 3.8) is 0 Å². The molecule has 3 nitrogen and oxygen atoms in total. The fourth-order valence-electron chi connectivity index (χ4n) is 2.01. The van der Waals surface area contributed by atoms with Crippen molar-refractivity contribution in [3.8, 4) is 0 Å². The number of halogens is 3. The number of hydrogen-bond acceptors (Lipinski definition) is 3. The van der Waals surface area contributed by atoms with Crippen LogP contribution in [0.15, 0.2) is 24.3 Å². The highest BCUT2D eigenvalue weighted by Gasteiger charge is 2.64. The Morgan fingerprint density at radius 2 is 1.68 bits per heavy atom. The third kappa shape index (κ3) is 2.22. The van der Waals surface area contributed by atoms with E-state index in [-0.39, 0.29) is 24.0 Å². The van der Waals surface area contributed by atoms with Crippen LogP contribution in [0.2, 0.25) is 0 Å². The molecule has 1 aromatic carbocycles. The summed E-state index contributed by atoms with van der Waals surface area (Å²) >= 11 is 0. The van der Waals surface area contributed by atoms with E-state index in [9.17, 15) is 22.8 Å². The van der Waals surface area contributed by atoms with Gasteiger partial charge in [0.05, 0.1) is 12.5 Å². The Bertz CT molecular complexity index is 513. The molecule has 0 aromatic heterocycles. The summed E-state index contributed by atoms with van der Waals surface area (Å²) in [6.07, 6.45) is -4.18. The Morgan fingerprint density at radius 1 is 1.16 bits per heavy atom. The molecule has 0 saturated heterocycles. The average Bonchev–Trinajstić information content (AvgIpc) is 3.18. The molecule has 0 atom stereocenters. The van der Waals surface area contributed by atoms with Crippen LogP contribution in [0, 0.1) is 0 Å². The van der Waals surface area contributed by atoms with Crippen LogP contribution in [-0.2, 0) is 14.9 Å². The third-order valence-electron chi connectivity index (χ3n) is 3.36. The van der Waals surface area contributed by atoms with E-state index < -0.39 is 23.3 Å². The second-order valence-electron chi connectivity index (χ2n) is 4.48. The lowest BCUT2D eigenvalue weighted by molar-refractivity contribution is -0.160. The maximum absolute atomic E-state index is 12.9. The summed E-state index contributed by atoms with van der Waals surface area (Å²) in [7, 11) is 1.07. The second-order valence-corrected chi connectivity index (χ2v) is 4.48. The highest BCUT2D eigenvalue weighted by atomic mass is 19.4. The minimum atomic E-state index is -4.29. The van der Waals surface area contributed by atoms with Crippen LogP contribution in [-0.4, -0.2) is 25.0 Å². The number of carbonyl (C=O) groups is 2. The monoisotopic (exact) mass is 272 g/mol. The van der Waals surface area contributed by atoms with E-state index in [2.05, 4.69) is 4.74 Å². The molecule has 0 spiro atoms. The molecule has 0 N–H and O–H groups in total. The smallest absolute Gasteiger partial charge is 0.398 e. The van der Waals surface area contributed by atoms with Crippen molar-refractivity contribution in [1.82, 2.24) is 0 Å². The number of methoxy groups -OCH3 is 1. The molecule has 0 unspecified atom stereocenters. The van der Waals surface area contributed by atoms with Crippen molar-refractivity contribution in [2.75, 3.05) is 7.11 Å². The summed E-state index contributed by atoms with van der Waals surface area (Å²) < 4.78 is 42.9. The number of rotatable bonds is 3. The summed E-state index contributed by atoms with van der Waals surface area (Å²) in [5.74, 6) is -1.91. The van der Waals surface area contributed by atoms with Crippen molar-refractivity contribution >= 4 is 11.8 Å². The second kappa shape index (κ2) is 4.36. The fraction of sp³-hybridized carbons (Fsp3) is 0.385. The highest BCUT2D eigenvalue weighted by Crippen LogP contribution is 2.58. The van der Waals surface area contributed by atoms with Gasteiger partial charge in [-0.1, -0.05) is 24.3 Å². The van der Waals surface area contributed by atoms with Crippen molar-refractivity contribution < 1.29 is 27.5 Å². The lowest BCUT2D eigenvalue weighted by Crippen LogP contribution is -2.28. The molecule has 0 radical (unpaired) electrons. The Kier molecular flexibility index (Phi) is 3.12. The molecule has 1 fully saturated rings. The molecule has 1 aliphatic rings. The van der Waals surface area contributed by atoms with E-state index in [0.29, 0.717) is 0 Å². The normalized spacial score (nSPS) is 16.8. The number of hydrogen-bond donors (Lipinski definition) is 0. The van der Waals surface area contributed by atoms with Crippen molar-refractivity contribution in [2.24, 2.45) is 0 Å². The van der Waals surface area contributed by atoms with Gasteiger partial charge < -0.3 is 4.74 Å². The van der Waals surface area contributed by atoms with E-state index in [1.807, 2.05) is 0 Å². The van der Waals surface area contributed by atoms with Crippen LogP contribution in [0.5, 0.6) is 0 Å². The summed E-state index contributed by atoms with van der Waals surface area (Å²) in [4.78, 5) is 22.5. The Balaban J connectivity index is 2.25. The average molecular weight is 272 g/mol. The van der Waals surface area contributed by atoms with Crippen LogP contribution >= 0.6 is 0 Å². The van der Waals surface area contributed by atoms with Gasteiger partial charge in [0.25, 0.3) is 5.78 Å². The number of ketones is 1. The summed E-state index contributed by atoms with van der Waals surface area (Å²) in [6.45, 7) is 0. The Labute approximate surface area is 107 Å². The fourth-order valence-corrected chi connectivity index (χ4v) is 2.01. The van der Waals surface area contributed by atoms with Crippen LogP contribution in [0.3, 0.4) is 0 Å². The molecule has 1 saturated carbocycles. The molecule has 0 amide bonds. The van der Waals surface area contributed by atoms with E-state index >= 15 is 0 Å². The van der Waals surface area contributed by atoms with Crippen LogP contribution in [0.4, 0.5) is 13.2 Å². The largest absolute Gasteiger partial charge is 0.463 e. The molecule has 1 aliphatic carbocycles. The van der Waals surface area contributed by atoms with Gasteiger partial charge >= 0.3 is 12.1 Å². The van der Waals surface area contributed by atoms with Crippen LogP contribution in [0.25, 0.3) is 0 Å². The van der Waals surface area contributed by atoms with Gasteiger partial charge in [-0.15, -0.1) is 0 Å². The quantitative estimate of drug-likeness (QED) is 0.482. The molecule has 0 aliphatic heterocycles. The number of benzene rings is 1. The van der Waals surface area contributed by atoms with Gasteiger partial charge in [0, 0.05) is 5.56 Å². The van der Waals surface area contributed by atoms with E-state index in [0.717, 1.165) is 7.11 Å². The zero-order chi connectivity index (χ0) is 14.3. The van der Waals surface area contributed by atoms with Crippen LogP contribution < -0.4 is 0 Å². The first kappa shape index (κ1) is 13.6. The standard InChI is InChI=1S/C13H11F3O3/c1-19-11(18)10(17)8-2-4-9(5-3-8)12(6-7-12)13(14,15)16/h2-5H,6-7H2,1H3. The minimum absolute atomic E-state index is 0.0218. The van der Waals surface area contributed by atoms with Gasteiger partial charge in [0.15, 0.2) is 0 Å². The minimum Gasteiger partial charge on any atom is -0.463 e. The summed E-state index contributed by atoms with van der Waals surface area (Å²) in [5, 5.41) is 0. The first-order valence-electron chi connectivity index (χ1n) is 5.62. The first-order chi connectivity index (χ1) is 8.82. The SMILES string of the molecule is COC(=O)C(=O)c1ccc(C2(C(F)(F)F)CC2)cc1. The first-order valence-corrected chi connectivity index (χ1v) is 5.62. The number of esters is 1. The molecular weight excluding hydrogens is 261 g/mol. The van der Waals surface area contributed by atoms with E-state index in [1.165, 1.54) is 24.3 Å². The Morgan fingerprint density at radius 3 is 2.05 bits per heavy atom. The lowest BCUT2D eigenvalue weighted by atomic mass is 9.94. The van der Waals surface area contributed by atoms with Gasteiger partial charge in [-0.3, -0.25) is 4.79 Å². The van der Waals surface area contributed by atoms with Gasteiger partial charge in [-0.2, -0.15) is 13.2 Å². The molecule has 102 valence electrons. The van der Waals surface area contributed by atoms with Gasteiger partial charge in [-0.25, -0.2) is 4.79 Å². The topological polar surface area (TPSA) is 43.4 Å². The highest BCUT2D eigenvalue weighted by molar-refractivity contribution is 6.40. The predicted octanol–water partition coefficient (Wildman–Crippen LogP) is 2.64. The van der Waals surface area contributed by atoms with Crippen LogP contribution in [0.1, 0.15) is 28.8 Å². The zero-order valence-corrected chi connectivity index (χ0v) is 10.1. The van der Waals surface area contributed by atoms with Gasteiger partial charge in [-0.05, 0) is 18.4 Å². The Hall–Kier alpha value is -1.85. The summed E-state index contributed by atoms with van der Waals surface area (Å²) in [6, 6.07) is 4.94. The molecule has 0 bridgehead atoms. The predicted molar refractivity (Wildman–Crippen MR) is 59.8 cm³/mol. The number of alkyl halides is 3. The van der Waals surface area contributed by atoms with E-state index in [1.54, 1.807) is 0 Å². The third-order valence-corrected chi connectivity index (χ3v) is 3.36. The molecule has 6 heteroatoms. The van der Waals surface area contributed by atoms with Crippen molar-refractivity contribution in [3.05, 3.63) is 35.4 Å². The lowest BCUT2D eigenvalue weighted by Gasteiger charge is -2.19. The maximum Gasteiger partial charge on any atom is 0.398 e. The van der Waals surface area contributed by atoms with Gasteiger partial charge in [0.1, 0.15) is 0 Å². The number of carbonyl (C=O) groups excluding carboxylic acids is 2. The molecule has 19 heavy (non-hydrogen) atoms. The summed E-state index contributed by atoms with van der Waals surface area (Å²) in [5.41, 5.74) is -1.63. The van der Waals surface area contributed by atoms with E-state index in [4.69, 9.17) is 0 Å². The molecule has 2 rings (SSSR count). The molecule has 1 aromatic rings. The maximum atomic E-state index is 12.9. The molecular formula is C13H11F3O3. The van der Waals surface area contributed by atoms with Gasteiger partial charge in [0.2, 0.25) is 0 Å². The molecule has 0 heterocycles. The van der Waals surface area contributed by atoms with Crippen molar-refractivity contribution in [2.45, 2.75) is 24.4 Å².